The lowest BCUT2D eigenvalue weighted by Gasteiger charge is -2.19. The maximum Gasteiger partial charge on any atom is 0.254 e. The molecule has 0 aliphatic rings. The summed E-state index contributed by atoms with van der Waals surface area (Å²) >= 11 is 0. The van der Waals surface area contributed by atoms with E-state index in [-0.39, 0.29) is 18.4 Å². The van der Waals surface area contributed by atoms with Gasteiger partial charge in [-0.3, -0.25) is 9.59 Å². The number of hydrogen-bond acceptors (Lipinski definition) is 4. The molecule has 0 unspecified atom stereocenters. The molecule has 1 heterocycles. The minimum Gasteiger partial charge on any atom is -0.497 e. The molecule has 1 N–H and O–H groups in total. The van der Waals surface area contributed by atoms with Crippen molar-refractivity contribution in [3.63, 3.8) is 0 Å². The molecule has 3 aromatic carbocycles. The Morgan fingerprint density at radius 3 is 2.36 bits per heavy atom. The summed E-state index contributed by atoms with van der Waals surface area (Å²) in [4.78, 5) is 32.1. The highest BCUT2D eigenvalue weighted by molar-refractivity contribution is 6.08. The van der Waals surface area contributed by atoms with E-state index in [1.165, 1.54) is 4.90 Å². The molecule has 0 radical (unpaired) electrons. The minimum absolute atomic E-state index is 0.0820. The number of amides is 2. The molecule has 0 fully saturated rings. The maximum atomic E-state index is 13.4. The second kappa shape index (κ2) is 9.53. The predicted octanol–water partition coefficient (Wildman–Crippen LogP) is 4.93. The second-order valence-electron chi connectivity index (χ2n) is 7.88. The molecule has 6 nitrogen and oxygen atoms in total. The Kier molecular flexibility index (Phi) is 6.36. The average molecular weight is 440 g/mol. The fraction of sp³-hybridized carbons (Fsp3) is 0.148. The average Bonchev–Trinajstić information content (AvgIpc) is 2.83. The molecular weight excluding hydrogens is 414 g/mol. The highest BCUT2D eigenvalue weighted by atomic mass is 16.5. The van der Waals surface area contributed by atoms with Crippen molar-refractivity contribution in [3.05, 3.63) is 90.0 Å². The van der Waals surface area contributed by atoms with E-state index in [1.54, 1.807) is 44.5 Å². The first-order chi connectivity index (χ1) is 15.9. The molecule has 1 aromatic heterocycles. The van der Waals surface area contributed by atoms with E-state index in [2.05, 4.69) is 5.32 Å². The van der Waals surface area contributed by atoms with Crippen LogP contribution < -0.4 is 10.1 Å². The number of ether oxygens (including phenoxy) is 1. The summed E-state index contributed by atoms with van der Waals surface area (Å²) in [5.41, 5.74) is 4.68. The van der Waals surface area contributed by atoms with Crippen LogP contribution in [0.3, 0.4) is 0 Å². The van der Waals surface area contributed by atoms with Crippen molar-refractivity contribution in [2.75, 3.05) is 26.0 Å². The molecule has 166 valence electrons. The minimum atomic E-state index is -0.284. The predicted molar refractivity (Wildman–Crippen MR) is 131 cm³/mol. The van der Waals surface area contributed by atoms with E-state index in [0.717, 1.165) is 22.0 Å². The number of aryl methyl sites for hydroxylation is 1. The molecular formula is C27H25N3O3. The largest absolute Gasteiger partial charge is 0.497 e. The van der Waals surface area contributed by atoms with Crippen molar-refractivity contribution < 1.29 is 14.3 Å². The quantitative estimate of drug-likeness (QED) is 0.462. The van der Waals surface area contributed by atoms with Crippen LogP contribution in [0.2, 0.25) is 0 Å². The molecule has 33 heavy (non-hydrogen) atoms. The number of anilines is 1. The number of carbonyl (C=O) groups excluding carboxylic acids is 2. The summed E-state index contributed by atoms with van der Waals surface area (Å²) in [6.45, 7) is 1.94. The molecule has 0 aliphatic carbocycles. The molecule has 2 amide bonds. The van der Waals surface area contributed by atoms with E-state index >= 15 is 0 Å². The smallest absolute Gasteiger partial charge is 0.254 e. The van der Waals surface area contributed by atoms with Crippen LogP contribution >= 0.6 is 0 Å². The molecule has 0 saturated carbocycles. The Morgan fingerprint density at radius 2 is 1.67 bits per heavy atom. The topological polar surface area (TPSA) is 71.5 Å². The van der Waals surface area contributed by atoms with Gasteiger partial charge >= 0.3 is 0 Å². The zero-order valence-corrected chi connectivity index (χ0v) is 18.8. The Labute approximate surface area is 192 Å². The van der Waals surface area contributed by atoms with Gasteiger partial charge in [0, 0.05) is 23.7 Å². The van der Waals surface area contributed by atoms with Gasteiger partial charge in [0.05, 0.1) is 30.4 Å². The van der Waals surface area contributed by atoms with Crippen molar-refractivity contribution in [2.45, 2.75) is 6.92 Å². The van der Waals surface area contributed by atoms with Crippen LogP contribution in [0.25, 0.3) is 22.2 Å². The molecule has 0 aliphatic heterocycles. The fourth-order valence-electron chi connectivity index (χ4n) is 3.59. The van der Waals surface area contributed by atoms with Crippen molar-refractivity contribution in [1.82, 2.24) is 9.88 Å². The number of pyridine rings is 1. The first-order valence-corrected chi connectivity index (χ1v) is 10.6. The number of benzene rings is 3. The van der Waals surface area contributed by atoms with E-state index in [1.807, 2.05) is 55.5 Å². The molecule has 0 spiro atoms. The lowest BCUT2D eigenvalue weighted by Crippen LogP contribution is -2.35. The number of fused-ring (bicyclic) bond motifs is 1. The van der Waals surface area contributed by atoms with E-state index in [0.29, 0.717) is 22.7 Å². The molecule has 4 aromatic rings. The van der Waals surface area contributed by atoms with Gasteiger partial charge in [-0.2, -0.15) is 0 Å². The second-order valence-corrected chi connectivity index (χ2v) is 7.88. The Morgan fingerprint density at radius 1 is 0.970 bits per heavy atom. The van der Waals surface area contributed by atoms with Gasteiger partial charge in [-0.25, -0.2) is 4.98 Å². The van der Waals surface area contributed by atoms with E-state index in [9.17, 15) is 9.59 Å². The van der Waals surface area contributed by atoms with E-state index in [4.69, 9.17) is 9.72 Å². The van der Waals surface area contributed by atoms with Gasteiger partial charge in [-0.15, -0.1) is 0 Å². The van der Waals surface area contributed by atoms with Gasteiger partial charge in [0.2, 0.25) is 5.91 Å². The van der Waals surface area contributed by atoms with Gasteiger partial charge in [0.15, 0.2) is 0 Å². The van der Waals surface area contributed by atoms with Crippen LogP contribution in [-0.2, 0) is 4.79 Å². The number of para-hydroxylation sites is 1. The number of nitrogens with one attached hydrogen (secondary N) is 1. The third kappa shape index (κ3) is 5.01. The Bertz CT molecular complexity index is 1300. The number of methoxy groups -OCH3 is 1. The Hall–Kier alpha value is -4.19. The lowest BCUT2D eigenvalue weighted by atomic mass is 10.0. The monoisotopic (exact) mass is 439 g/mol. The zero-order chi connectivity index (χ0) is 23.4. The van der Waals surface area contributed by atoms with Crippen molar-refractivity contribution >= 4 is 28.4 Å². The fourth-order valence-corrected chi connectivity index (χ4v) is 3.59. The first-order valence-electron chi connectivity index (χ1n) is 10.6. The highest BCUT2D eigenvalue weighted by Gasteiger charge is 2.19. The number of rotatable bonds is 6. The van der Waals surface area contributed by atoms with Crippen molar-refractivity contribution in [1.29, 1.82) is 0 Å². The normalized spacial score (nSPS) is 10.6. The Balaban J connectivity index is 1.58. The molecule has 0 saturated heterocycles. The summed E-state index contributed by atoms with van der Waals surface area (Å²) in [6.07, 6.45) is 0. The van der Waals surface area contributed by atoms with Gasteiger partial charge in [-0.05, 0) is 43.3 Å². The summed E-state index contributed by atoms with van der Waals surface area (Å²) in [6, 6.07) is 24.4. The van der Waals surface area contributed by atoms with Crippen LogP contribution in [0.1, 0.15) is 15.9 Å². The standard InChI is InChI=1S/C27H25N3O3/c1-18-8-10-19(11-9-18)25-16-23(22-6-4-5-7-24(22)29-25)27(32)30(2)17-26(31)28-20-12-14-21(33-3)15-13-20/h4-16H,17H2,1-3H3,(H,28,31). The molecule has 0 bridgehead atoms. The third-order valence-corrected chi connectivity index (χ3v) is 5.40. The van der Waals surface area contributed by atoms with Crippen LogP contribution in [-0.4, -0.2) is 42.4 Å². The molecule has 0 atom stereocenters. The summed E-state index contributed by atoms with van der Waals surface area (Å²) in [5, 5.41) is 3.56. The number of aromatic nitrogens is 1. The van der Waals surface area contributed by atoms with Crippen LogP contribution in [0, 0.1) is 6.92 Å². The number of hydrogen-bond donors (Lipinski definition) is 1. The van der Waals surface area contributed by atoms with Crippen LogP contribution in [0.15, 0.2) is 78.9 Å². The highest BCUT2D eigenvalue weighted by Crippen LogP contribution is 2.26. The van der Waals surface area contributed by atoms with Crippen molar-refractivity contribution in [2.24, 2.45) is 0 Å². The van der Waals surface area contributed by atoms with Gasteiger partial charge in [0.25, 0.3) is 5.91 Å². The van der Waals surface area contributed by atoms with Gasteiger partial charge in [0.1, 0.15) is 5.75 Å². The lowest BCUT2D eigenvalue weighted by molar-refractivity contribution is -0.116. The van der Waals surface area contributed by atoms with Gasteiger partial charge in [-0.1, -0.05) is 48.0 Å². The van der Waals surface area contributed by atoms with Gasteiger partial charge < -0.3 is 15.0 Å². The molecule has 6 heteroatoms. The van der Waals surface area contributed by atoms with Crippen LogP contribution in [0.4, 0.5) is 5.69 Å². The number of carbonyl (C=O) groups is 2. The summed E-state index contributed by atoms with van der Waals surface area (Å²) < 4.78 is 5.13. The number of likely N-dealkylation sites (N-methyl/N-ethyl adjacent to an activating group) is 1. The summed E-state index contributed by atoms with van der Waals surface area (Å²) in [7, 11) is 3.21. The maximum absolute atomic E-state index is 13.4. The zero-order valence-electron chi connectivity index (χ0n) is 18.8. The summed E-state index contributed by atoms with van der Waals surface area (Å²) in [5.74, 6) is 0.175. The third-order valence-electron chi connectivity index (χ3n) is 5.40. The van der Waals surface area contributed by atoms with Crippen molar-refractivity contribution in [3.8, 4) is 17.0 Å². The van der Waals surface area contributed by atoms with Crippen LogP contribution in [0.5, 0.6) is 5.75 Å². The molecule has 4 rings (SSSR count). The van der Waals surface area contributed by atoms with E-state index < -0.39 is 0 Å². The number of nitrogens with zero attached hydrogens (tertiary/aromatic N) is 2. The first kappa shape index (κ1) is 22.0. The SMILES string of the molecule is COc1ccc(NC(=O)CN(C)C(=O)c2cc(-c3ccc(C)cc3)nc3ccccc23)cc1.